The van der Waals surface area contributed by atoms with Crippen LogP contribution in [0.15, 0.2) is 42.6 Å². The molecular formula is C27H23N7O. The molecular weight excluding hydrogens is 438 g/mol. The second-order valence-electron chi connectivity index (χ2n) is 8.76. The van der Waals surface area contributed by atoms with Crippen LogP contribution in [0.4, 0.5) is 5.82 Å². The van der Waals surface area contributed by atoms with Gasteiger partial charge < -0.3 is 5.32 Å². The molecule has 0 unspecified atom stereocenters. The minimum absolute atomic E-state index is 0.241. The lowest BCUT2D eigenvalue weighted by Gasteiger charge is -2.13. The molecule has 1 amide bonds. The zero-order valence-electron chi connectivity index (χ0n) is 20.1. The van der Waals surface area contributed by atoms with E-state index in [1.54, 1.807) is 18.2 Å². The van der Waals surface area contributed by atoms with Gasteiger partial charge in [0.1, 0.15) is 11.6 Å². The van der Waals surface area contributed by atoms with Crippen LogP contribution in [0.5, 0.6) is 0 Å². The van der Waals surface area contributed by atoms with Gasteiger partial charge in [0.05, 0.1) is 34.1 Å². The Morgan fingerprint density at radius 1 is 0.914 bits per heavy atom. The zero-order valence-corrected chi connectivity index (χ0v) is 20.1. The van der Waals surface area contributed by atoms with Crippen LogP contribution in [-0.2, 0) is 0 Å². The fourth-order valence-corrected chi connectivity index (χ4v) is 4.21. The zero-order chi connectivity index (χ0) is 24.9. The number of nitrogens with one attached hydrogen (secondary N) is 1. The van der Waals surface area contributed by atoms with E-state index in [2.05, 4.69) is 45.5 Å². The fourth-order valence-electron chi connectivity index (χ4n) is 4.21. The van der Waals surface area contributed by atoms with Crippen molar-refractivity contribution in [2.45, 2.75) is 34.6 Å². The Morgan fingerprint density at radius 3 is 2.40 bits per heavy atom. The van der Waals surface area contributed by atoms with E-state index in [4.69, 9.17) is 4.98 Å². The number of nitriles is 1. The van der Waals surface area contributed by atoms with Gasteiger partial charge in [-0.3, -0.25) is 4.79 Å². The summed E-state index contributed by atoms with van der Waals surface area (Å²) in [6, 6.07) is 13.4. The van der Waals surface area contributed by atoms with E-state index in [9.17, 15) is 10.1 Å². The molecule has 2 aromatic carbocycles. The van der Waals surface area contributed by atoms with E-state index >= 15 is 0 Å². The molecule has 5 rings (SSSR count). The summed E-state index contributed by atoms with van der Waals surface area (Å²) in [7, 11) is 0. The van der Waals surface area contributed by atoms with Crippen molar-refractivity contribution in [3.8, 4) is 11.9 Å². The standard InChI is InChI=1S/C27H23N7O/c1-14-8-16(3)25-21(9-14)15(2)10-24(32-25)34-26(20(12-28)13-29-34)33-27(35)19-6-7-22-23(11-19)31-18(5)17(4)30-22/h6-11,13H,1-5H3,(H,33,35). The molecule has 0 aliphatic carbocycles. The number of rotatable bonds is 3. The van der Waals surface area contributed by atoms with Crippen LogP contribution < -0.4 is 5.32 Å². The summed E-state index contributed by atoms with van der Waals surface area (Å²) in [5.74, 6) is 0.406. The Hall–Kier alpha value is -4.64. The molecule has 0 fully saturated rings. The highest BCUT2D eigenvalue weighted by Crippen LogP contribution is 2.27. The van der Waals surface area contributed by atoms with Crippen molar-refractivity contribution in [2.24, 2.45) is 0 Å². The lowest BCUT2D eigenvalue weighted by atomic mass is 10.0. The maximum atomic E-state index is 13.2. The molecule has 0 saturated carbocycles. The van der Waals surface area contributed by atoms with Gasteiger partial charge in [0.25, 0.3) is 5.91 Å². The SMILES string of the molecule is Cc1cc(C)c2nc(-n3ncc(C#N)c3NC(=O)c3ccc4nc(C)c(C)nc4c3)cc(C)c2c1. The number of benzene rings is 2. The monoisotopic (exact) mass is 461 g/mol. The van der Waals surface area contributed by atoms with Crippen LogP contribution in [0.3, 0.4) is 0 Å². The Morgan fingerprint density at radius 2 is 1.66 bits per heavy atom. The molecule has 35 heavy (non-hydrogen) atoms. The topological polar surface area (TPSA) is 109 Å². The van der Waals surface area contributed by atoms with Crippen molar-refractivity contribution < 1.29 is 4.79 Å². The first kappa shape index (κ1) is 22.2. The van der Waals surface area contributed by atoms with Crippen LogP contribution in [0.2, 0.25) is 0 Å². The number of carbonyl (C=O) groups is 1. The van der Waals surface area contributed by atoms with Gasteiger partial charge in [-0.15, -0.1) is 0 Å². The van der Waals surface area contributed by atoms with E-state index in [0.717, 1.165) is 39.0 Å². The van der Waals surface area contributed by atoms with Crippen LogP contribution in [-0.4, -0.2) is 30.6 Å². The van der Waals surface area contributed by atoms with E-state index in [1.165, 1.54) is 10.9 Å². The number of hydrogen-bond donors (Lipinski definition) is 1. The van der Waals surface area contributed by atoms with E-state index in [1.807, 2.05) is 33.8 Å². The highest BCUT2D eigenvalue weighted by Gasteiger charge is 2.19. The Labute approximate surface area is 202 Å². The third-order valence-corrected chi connectivity index (χ3v) is 6.12. The van der Waals surface area contributed by atoms with Gasteiger partial charge in [-0.2, -0.15) is 15.0 Å². The maximum absolute atomic E-state index is 13.2. The molecule has 1 N–H and O–H groups in total. The Bertz CT molecular complexity index is 1710. The average Bonchev–Trinajstić information content (AvgIpc) is 3.22. The van der Waals surface area contributed by atoms with Crippen molar-refractivity contribution in [3.63, 3.8) is 0 Å². The number of hydrogen-bond acceptors (Lipinski definition) is 6. The summed E-state index contributed by atoms with van der Waals surface area (Å²) in [6.07, 6.45) is 1.43. The normalized spacial score (nSPS) is 11.1. The minimum atomic E-state index is -0.380. The molecule has 0 atom stereocenters. The van der Waals surface area contributed by atoms with Gasteiger partial charge in [0, 0.05) is 10.9 Å². The average molecular weight is 462 g/mol. The highest BCUT2D eigenvalue weighted by atomic mass is 16.1. The molecule has 0 radical (unpaired) electrons. The number of amides is 1. The third kappa shape index (κ3) is 3.87. The lowest BCUT2D eigenvalue weighted by molar-refractivity contribution is 0.102. The van der Waals surface area contributed by atoms with Crippen molar-refractivity contribution >= 4 is 33.7 Å². The van der Waals surface area contributed by atoms with E-state index in [-0.39, 0.29) is 17.3 Å². The predicted octanol–water partition coefficient (Wildman–Crippen LogP) is 5.03. The fraction of sp³-hybridized carbons (Fsp3) is 0.185. The van der Waals surface area contributed by atoms with Gasteiger partial charge in [0.15, 0.2) is 11.6 Å². The molecule has 172 valence electrons. The molecule has 8 nitrogen and oxygen atoms in total. The van der Waals surface area contributed by atoms with Crippen molar-refractivity contribution in [1.29, 1.82) is 5.26 Å². The van der Waals surface area contributed by atoms with Crippen LogP contribution in [0, 0.1) is 45.9 Å². The first-order valence-corrected chi connectivity index (χ1v) is 11.2. The third-order valence-electron chi connectivity index (χ3n) is 6.12. The summed E-state index contributed by atoms with van der Waals surface area (Å²) in [4.78, 5) is 27.1. The smallest absolute Gasteiger partial charge is 0.256 e. The summed E-state index contributed by atoms with van der Waals surface area (Å²) in [5.41, 5.74) is 7.75. The van der Waals surface area contributed by atoms with E-state index in [0.29, 0.717) is 22.4 Å². The largest absolute Gasteiger partial charge is 0.305 e. The number of pyridine rings is 1. The molecule has 8 heteroatoms. The van der Waals surface area contributed by atoms with Crippen molar-refractivity contribution in [3.05, 3.63) is 81.8 Å². The summed E-state index contributed by atoms with van der Waals surface area (Å²) >= 11 is 0. The molecule has 0 saturated heterocycles. The van der Waals surface area contributed by atoms with Crippen LogP contribution in [0.25, 0.3) is 27.8 Å². The Kier molecular flexibility index (Phi) is 5.25. The summed E-state index contributed by atoms with van der Waals surface area (Å²) < 4.78 is 1.50. The first-order chi connectivity index (χ1) is 16.7. The molecule has 0 aliphatic heterocycles. The van der Waals surface area contributed by atoms with Gasteiger partial charge in [-0.1, -0.05) is 11.6 Å². The van der Waals surface area contributed by atoms with Crippen LogP contribution >= 0.6 is 0 Å². The van der Waals surface area contributed by atoms with Gasteiger partial charge in [-0.25, -0.2) is 15.0 Å². The van der Waals surface area contributed by atoms with Crippen molar-refractivity contribution in [2.75, 3.05) is 5.32 Å². The highest BCUT2D eigenvalue weighted by molar-refractivity contribution is 6.06. The summed E-state index contributed by atoms with van der Waals surface area (Å²) in [5, 5.41) is 18.0. The second kappa shape index (κ2) is 8.29. The van der Waals surface area contributed by atoms with Gasteiger partial charge in [-0.05, 0) is 76.1 Å². The number of fused-ring (bicyclic) bond motifs is 2. The predicted molar refractivity (Wildman–Crippen MR) is 135 cm³/mol. The first-order valence-electron chi connectivity index (χ1n) is 11.2. The quantitative estimate of drug-likeness (QED) is 0.404. The molecule has 5 aromatic rings. The number of aromatic nitrogens is 5. The van der Waals surface area contributed by atoms with Crippen molar-refractivity contribution in [1.82, 2.24) is 24.7 Å². The maximum Gasteiger partial charge on any atom is 0.256 e. The molecule has 3 aromatic heterocycles. The second-order valence-corrected chi connectivity index (χ2v) is 8.76. The van der Waals surface area contributed by atoms with E-state index < -0.39 is 0 Å². The number of carbonyl (C=O) groups excluding carboxylic acids is 1. The van der Waals surface area contributed by atoms with Gasteiger partial charge >= 0.3 is 0 Å². The molecule has 3 heterocycles. The van der Waals surface area contributed by atoms with Gasteiger partial charge in [0.2, 0.25) is 0 Å². The number of nitrogens with zero attached hydrogens (tertiary/aromatic N) is 6. The lowest BCUT2D eigenvalue weighted by Crippen LogP contribution is -2.16. The Balaban J connectivity index is 1.57. The molecule has 0 bridgehead atoms. The van der Waals surface area contributed by atoms with Crippen LogP contribution in [0.1, 0.15) is 44.0 Å². The molecule has 0 aliphatic rings. The minimum Gasteiger partial charge on any atom is -0.305 e. The molecule has 0 spiro atoms. The number of aryl methyl sites for hydroxylation is 5. The number of anilines is 1. The summed E-state index contributed by atoms with van der Waals surface area (Å²) in [6.45, 7) is 9.87.